The number of rotatable bonds is 5. The molecular formula is C13H17ClN3O2+. The quantitative estimate of drug-likeness (QED) is 0.822. The lowest BCUT2D eigenvalue weighted by atomic mass is 10.2. The van der Waals surface area contributed by atoms with Crippen molar-refractivity contribution in [1.82, 2.24) is 10.6 Å². The Morgan fingerprint density at radius 1 is 1.37 bits per heavy atom. The first-order valence-electron chi connectivity index (χ1n) is 6.15. The highest BCUT2D eigenvalue weighted by atomic mass is 35.5. The first kappa shape index (κ1) is 13.8. The Morgan fingerprint density at radius 3 is 2.79 bits per heavy atom. The molecule has 6 heteroatoms. The molecule has 0 atom stereocenters. The monoisotopic (exact) mass is 282 g/mol. The van der Waals surface area contributed by atoms with Crippen molar-refractivity contribution in [3.63, 3.8) is 0 Å². The van der Waals surface area contributed by atoms with Crippen molar-refractivity contribution in [2.45, 2.75) is 33.0 Å². The number of nitrogens with one attached hydrogen (secondary N) is 2. The van der Waals surface area contributed by atoms with Crippen LogP contribution in [0.4, 0.5) is 0 Å². The summed E-state index contributed by atoms with van der Waals surface area (Å²) in [6.45, 7) is 4.98. The third-order valence-electron chi connectivity index (χ3n) is 2.85. The summed E-state index contributed by atoms with van der Waals surface area (Å²) in [4.78, 5) is 11.6. The van der Waals surface area contributed by atoms with Crippen molar-refractivity contribution in [2.24, 2.45) is 0 Å². The maximum atomic E-state index is 11.6. The van der Waals surface area contributed by atoms with Crippen LogP contribution in [0.25, 0.3) is 0 Å². The highest BCUT2D eigenvalue weighted by molar-refractivity contribution is 6.31. The molecule has 0 aliphatic heterocycles. The summed E-state index contributed by atoms with van der Waals surface area (Å²) < 4.78 is 6.51. The van der Waals surface area contributed by atoms with E-state index in [2.05, 4.69) is 10.6 Å². The van der Waals surface area contributed by atoms with Crippen LogP contribution in [0.1, 0.15) is 31.1 Å². The molecule has 0 spiro atoms. The highest BCUT2D eigenvalue weighted by Crippen LogP contribution is 2.14. The molecular weight excluding hydrogens is 266 g/mol. The Labute approximate surface area is 116 Å². The van der Waals surface area contributed by atoms with E-state index in [0.29, 0.717) is 23.8 Å². The second-order valence-electron chi connectivity index (χ2n) is 4.59. The molecule has 1 aromatic carbocycles. The molecule has 5 nitrogen and oxygen atoms in total. The number of hydrogen-bond donors (Lipinski definition) is 2. The van der Waals surface area contributed by atoms with E-state index in [1.807, 2.05) is 38.1 Å². The van der Waals surface area contributed by atoms with Crippen LogP contribution in [-0.4, -0.2) is 5.27 Å². The lowest BCUT2D eigenvalue weighted by molar-refractivity contribution is -0.785. The van der Waals surface area contributed by atoms with Gasteiger partial charge in [-0.15, -0.1) is 0 Å². The number of hydrogen-bond acceptors (Lipinski definition) is 3. The summed E-state index contributed by atoms with van der Waals surface area (Å²) in [7, 11) is 0. The number of aromatic amines is 1. The molecule has 2 rings (SSSR count). The molecule has 0 fully saturated rings. The number of benzene rings is 1. The van der Waals surface area contributed by atoms with Gasteiger partial charge in [0.25, 0.3) is 0 Å². The van der Waals surface area contributed by atoms with Gasteiger partial charge in [0.1, 0.15) is 0 Å². The fraction of sp³-hybridized carbons (Fsp3) is 0.385. The Bertz CT molecular complexity index is 604. The molecule has 0 amide bonds. The summed E-state index contributed by atoms with van der Waals surface area (Å²) in [5.41, 5.74) is 1.22. The summed E-state index contributed by atoms with van der Waals surface area (Å²) in [5.74, 6) is 0. The Hall–Kier alpha value is -1.59. The Kier molecular flexibility index (Phi) is 4.39. The molecule has 2 N–H and O–H groups in total. The number of nitrogens with zero attached hydrogens (tertiary/aromatic N) is 1. The molecule has 2 aromatic rings. The van der Waals surface area contributed by atoms with E-state index in [1.54, 1.807) is 4.68 Å². The van der Waals surface area contributed by atoms with Crippen molar-refractivity contribution in [3.8, 4) is 0 Å². The molecule has 19 heavy (non-hydrogen) atoms. The molecule has 0 bridgehead atoms. The van der Waals surface area contributed by atoms with Crippen LogP contribution in [0.3, 0.4) is 0 Å². The van der Waals surface area contributed by atoms with Gasteiger partial charge < -0.3 is 5.32 Å². The number of halogens is 1. The van der Waals surface area contributed by atoms with Crippen molar-refractivity contribution in [1.29, 1.82) is 0 Å². The first-order valence-corrected chi connectivity index (χ1v) is 6.53. The Balaban J connectivity index is 2.02. The van der Waals surface area contributed by atoms with Gasteiger partial charge in [-0.1, -0.05) is 34.5 Å². The van der Waals surface area contributed by atoms with Gasteiger partial charge in [-0.2, -0.15) is 0 Å². The summed E-state index contributed by atoms with van der Waals surface area (Å²) in [6, 6.07) is 7.76. The Morgan fingerprint density at radius 2 is 2.11 bits per heavy atom. The van der Waals surface area contributed by atoms with Crippen molar-refractivity contribution < 1.29 is 9.20 Å². The molecule has 0 radical (unpaired) electrons. The fourth-order valence-electron chi connectivity index (χ4n) is 1.83. The highest BCUT2D eigenvalue weighted by Gasteiger charge is 2.22. The predicted molar refractivity (Wildman–Crippen MR) is 71.9 cm³/mol. The van der Waals surface area contributed by atoms with E-state index in [0.717, 1.165) is 5.56 Å². The first-order chi connectivity index (χ1) is 9.09. The van der Waals surface area contributed by atoms with Gasteiger partial charge in [-0.3, -0.25) is 4.52 Å². The van der Waals surface area contributed by atoms with Crippen LogP contribution < -0.4 is 15.6 Å². The maximum Gasteiger partial charge on any atom is 0.431 e. The van der Waals surface area contributed by atoms with E-state index in [-0.39, 0.29) is 11.7 Å². The van der Waals surface area contributed by atoms with Crippen LogP contribution in [-0.2, 0) is 13.1 Å². The molecule has 0 unspecified atom stereocenters. The molecule has 0 aliphatic rings. The minimum Gasteiger partial charge on any atom is -0.303 e. The standard InChI is InChI=1S/C13H16ClN3O2/c1-9(2)17-12(13(18)19-16-17)8-15-7-10-5-3-4-6-11(10)14/h3-6,9,15H,7-8H2,1-2H3/p+1. The lowest BCUT2D eigenvalue weighted by Crippen LogP contribution is -2.44. The molecule has 0 saturated carbocycles. The smallest absolute Gasteiger partial charge is 0.303 e. The van der Waals surface area contributed by atoms with Crippen LogP contribution in [0, 0.1) is 0 Å². The van der Waals surface area contributed by atoms with Crippen LogP contribution in [0.5, 0.6) is 0 Å². The fourth-order valence-corrected chi connectivity index (χ4v) is 2.04. The summed E-state index contributed by atoms with van der Waals surface area (Å²) >= 11 is 6.07. The molecule has 0 aliphatic carbocycles. The second kappa shape index (κ2) is 6.04. The normalized spacial score (nSPS) is 11.2. The number of aromatic nitrogens is 2. The van der Waals surface area contributed by atoms with Gasteiger partial charge in [-0.05, 0) is 30.7 Å². The average molecular weight is 283 g/mol. The van der Waals surface area contributed by atoms with Crippen LogP contribution >= 0.6 is 11.6 Å². The predicted octanol–water partition coefficient (Wildman–Crippen LogP) is 1.78. The van der Waals surface area contributed by atoms with E-state index in [4.69, 9.17) is 16.1 Å². The molecule has 1 aromatic heterocycles. The number of H-pyrrole nitrogens is 1. The summed E-state index contributed by atoms with van der Waals surface area (Å²) in [6.07, 6.45) is 0. The van der Waals surface area contributed by atoms with Gasteiger partial charge in [0, 0.05) is 11.6 Å². The maximum absolute atomic E-state index is 11.6. The van der Waals surface area contributed by atoms with E-state index in [1.165, 1.54) is 0 Å². The van der Waals surface area contributed by atoms with Gasteiger partial charge in [0.15, 0.2) is 6.04 Å². The van der Waals surface area contributed by atoms with Crippen LogP contribution in [0.15, 0.2) is 33.6 Å². The third-order valence-corrected chi connectivity index (χ3v) is 3.21. The SMILES string of the molecule is CC(C)[n+]1[nH]oc(=O)c1CNCc1ccccc1Cl. The molecule has 1 heterocycles. The van der Waals surface area contributed by atoms with E-state index >= 15 is 0 Å². The zero-order chi connectivity index (χ0) is 13.8. The molecule has 102 valence electrons. The average Bonchev–Trinajstić information content (AvgIpc) is 2.74. The third kappa shape index (κ3) is 3.24. The van der Waals surface area contributed by atoms with Gasteiger partial charge in [0.2, 0.25) is 0 Å². The van der Waals surface area contributed by atoms with Gasteiger partial charge in [0.05, 0.1) is 6.54 Å². The minimum atomic E-state index is -0.347. The van der Waals surface area contributed by atoms with Gasteiger partial charge >= 0.3 is 11.3 Å². The lowest BCUT2D eigenvalue weighted by Gasteiger charge is -2.04. The van der Waals surface area contributed by atoms with Gasteiger partial charge in [-0.25, -0.2) is 4.79 Å². The second-order valence-corrected chi connectivity index (χ2v) is 4.99. The summed E-state index contributed by atoms with van der Waals surface area (Å²) in [5, 5.41) is 6.51. The van der Waals surface area contributed by atoms with E-state index in [9.17, 15) is 4.79 Å². The topological polar surface area (TPSA) is 61.9 Å². The van der Waals surface area contributed by atoms with Crippen molar-refractivity contribution in [3.05, 3.63) is 51.0 Å². The minimum absolute atomic E-state index is 0.142. The van der Waals surface area contributed by atoms with Crippen LogP contribution in [0.2, 0.25) is 5.02 Å². The zero-order valence-electron chi connectivity index (χ0n) is 10.9. The zero-order valence-corrected chi connectivity index (χ0v) is 11.7. The van der Waals surface area contributed by atoms with E-state index < -0.39 is 0 Å². The van der Waals surface area contributed by atoms with Crippen molar-refractivity contribution >= 4 is 11.6 Å². The molecule has 0 saturated heterocycles. The van der Waals surface area contributed by atoms with Crippen molar-refractivity contribution in [2.75, 3.05) is 0 Å². The largest absolute Gasteiger partial charge is 0.431 e.